The highest BCUT2D eigenvalue weighted by atomic mass is 32.2. The van der Waals surface area contributed by atoms with Gasteiger partial charge in [-0.3, -0.25) is 0 Å². The first-order valence-corrected chi connectivity index (χ1v) is 7.54. The Balaban J connectivity index is 1.90. The van der Waals surface area contributed by atoms with Gasteiger partial charge in [-0.05, 0) is 24.7 Å². The Morgan fingerprint density at radius 3 is 2.89 bits per heavy atom. The summed E-state index contributed by atoms with van der Waals surface area (Å²) in [6.45, 7) is 2.65. The van der Waals surface area contributed by atoms with E-state index in [1.165, 1.54) is 25.0 Å². The summed E-state index contributed by atoms with van der Waals surface area (Å²) >= 11 is 1.97. The van der Waals surface area contributed by atoms with Gasteiger partial charge in [-0.1, -0.05) is 19.4 Å². The van der Waals surface area contributed by atoms with Crippen molar-refractivity contribution < 1.29 is 8.78 Å². The summed E-state index contributed by atoms with van der Waals surface area (Å²) < 4.78 is 26.3. The molecule has 1 saturated carbocycles. The van der Waals surface area contributed by atoms with Crippen LogP contribution in [0.3, 0.4) is 0 Å². The number of hydrogen-bond acceptors (Lipinski definition) is 2. The first-order chi connectivity index (χ1) is 8.70. The lowest BCUT2D eigenvalue weighted by atomic mass is 10.2. The highest BCUT2D eigenvalue weighted by Crippen LogP contribution is 2.30. The fraction of sp³-hybridized carbons (Fsp3) is 0.571. The van der Waals surface area contributed by atoms with Crippen LogP contribution in [0.1, 0.15) is 31.7 Å². The van der Waals surface area contributed by atoms with Crippen LogP contribution < -0.4 is 5.32 Å². The smallest absolute Gasteiger partial charge is 0.130 e. The van der Waals surface area contributed by atoms with E-state index in [2.05, 4.69) is 12.2 Å². The standard InChI is InChI=1S/C14H19F2NS/c1-2-18-14-5-3-4-13(14)17-9-10-6-7-11(15)8-12(10)16/h6-8,13-14,17H,2-5,9H2,1H3. The molecule has 1 aliphatic carbocycles. The summed E-state index contributed by atoms with van der Waals surface area (Å²) in [5.41, 5.74) is 0.545. The minimum absolute atomic E-state index is 0.458. The second-order valence-corrected chi connectivity index (χ2v) is 6.16. The van der Waals surface area contributed by atoms with Crippen LogP contribution in [0, 0.1) is 11.6 Å². The molecule has 0 bridgehead atoms. The van der Waals surface area contributed by atoms with Crippen molar-refractivity contribution >= 4 is 11.8 Å². The van der Waals surface area contributed by atoms with Gasteiger partial charge in [-0.25, -0.2) is 8.78 Å². The molecule has 0 aromatic heterocycles. The molecule has 2 rings (SSSR count). The van der Waals surface area contributed by atoms with Gasteiger partial charge in [-0.2, -0.15) is 11.8 Å². The maximum absolute atomic E-state index is 13.5. The van der Waals surface area contributed by atoms with Gasteiger partial charge >= 0.3 is 0 Å². The third kappa shape index (κ3) is 3.45. The van der Waals surface area contributed by atoms with Gasteiger partial charge in [0.05, 0.1) is 0 Å². The van der Waals surface area contributed by atoms with E-state index in [0.29, 0.717) is 23.4 Å². The molecule has 1 nitrogen and oxygen atoms in total. The average molecular weight is 271 g/mol. The molecule has 0 amide bonds. The first-order valence-electron chi connectivity index (χ1n) is 6.49. The van der Waals surface area contributed by atoms with E-state index in [0.717, 1.165) is 18.2 Å². The summed E-state index contributed by atoms with van der Waals surface area (Å²) in [7, 11) is 0. The van der Waals surface area contributed by atoms with Crippen LogP contribution in [0.5, 0.6) is 0 Å². The highest BCUT2D eigenvalue weighted by molar-refractivity contribution is 7.99. The zero-order chi connectivity index (χ0) is 13.0. The van der Waals surface area contributed by atoms with Crippen LogP contribution in [0.4, 0.5) is 8.78 Å². The zero-order valence-electron chi connectivity index (χ0n) is 10.6. The molecule has 0 spiro atoms. The molecular formula is C14H19F2NS. The number of rotatable bonds is 5. The van der Waals surface area contributed by atoms with Crippen molar-refractivity contribution in [3.05, 3.63) is 35.4 Å². The summed E-state index contributed by atoms with van der Waals surface area (Å²) in [5, 5.41) is 4.05. The van der Waals surface area contributed by atoms with Crippen molar-refractivity contribution in [1.29, 1.82) is 0 Å². The molecular weight excluding hydrogens is 252 g/mol. The lowest BCUT2D eigenvalue weighted by Crippen LogP contribution is -2.33. The predicted octanol–water partition coefficient (Wildman–Crippen LogP) is 3.73. The maximum Gasteiger partial charge on any atom is 0.130 e. The minimum atomic E-state index is -0.517. The van der Waals surface area contributed by atoms with E-state index in [4.69, 9.17) is 0 Å². The minimum Gasteiger partial charge on any atom is -0.309 e. The topological polar surface area (TPSA) is 12.0 Å². The third-order valence-corrected chi connectivity index (χ3v) is 4.73. The van der Waals surface area contributed by atoms with Crippen LogP contribution in [-0.4, -0.2) is 17.0 Å². The molecule has 100 valence electrons. The average Bonchev–Trinajstić information content (AvgIpc) is 2.76. The Hall–Kier alpha value is -0.610. The maximum atomic E-state index is 13.5. The van der Waals surface area contributed by atoms with E-state index in [-0.39, 0.29) is 0 Å². The molecule has 0 radical (unpaired) electrons. The number of halogens is 2. The third-order valence-electron chi connectivity index (χ3n) is 3.40. The second kappa shape index (κ2) is 6.53. The van der Waals surface area contributed by atoms with Crippen molar-refractivity contribution in [1.82, 2.24) is 5.32 Å². The zero-order valence-corrected chi connectivity index (χ0v) is 11.4. The monoisotopic (exact) mass is 271 g/mol. The van der Waals surface area contributed by atoms with Crippen LogP contribution in [-0.2, 0) is 6.54 Å². The van der Waals surface area contributed by atoms with Crippen LogP contribution in [0.25, 0.3) is 0 Å². The fourth-order valence-corrected chi connectivity index (χ4v) is 3.71. The van der Waals surface area contributed by atoms with Crippen LogP contribution in [0.2, 0.25) is 0 Å². The van der Waals surface area contributed by atoms with E-state index < -0.39 is 11.6 Å². The lowest BCUT2D eigenvalue weighted by molar-refractivity contribution is 0.510. The van der Waals surface area contributed by atoms with Gasteiger partial charge < -0.3 is 5.32 Å². The van der Waals surface area contributed by atoms with Crippen molar-refractivity contribution in [3.8, 4) is 0 Å². The molecule has 1 aromatic rings. The number of hydrogen-bond donors (Lipinski definition) is 1. The normalized spacial score (nSPS) is 23.5. The molecule has 1 aliphatic rings. The first kappa shape index (κ1) is 13.8. The Kier molecular flexibility index (Phi) is 5.01. The highest BCUT2D eigenvalue weighted by Gasteiger charge is 2.26. The fourth-order valence-electron chi connectivity index (χ4n) is 2.48. The van der Waals surface area contributed by atoms with Crippen molar-refractivity contribution in [2.45, 2.75) is 44.0 Å². The van der Waals surface area contributed by atoms with Crippen molar-refractivity contribution in [3.63, 3.8) is 0 Å². The predicted molar refractivity (Wildman–Crippen MR) is 72.8 cm³/mol. The van der Waals surface area contributed by atoms with Gasteiger partial charge in [0.25, 0.3) is 0 Å². The van der Waals surface area contributed by atoms with Crippen LogP contribution >= 0.6 is 11.8 Å². The molecule has 0 saturated heterocycles. The van der Waals surface area contributed by atoms with Gasteiger partial charge in [0.2, 0.25) is 0 Å². The Morgan fingerprint density at radius 2 is 2.17 bits per heavy atom. The van der Waals surface area contributed by atoms with E-state index >= 15 is 0 Å². The molecule has 4 heteroatoms. The van der Waals surface area contributed by atoms with Crippen molar-refractivity contribution in [2.75, 3.05) is 5.75 Å². The number of nitrogens with one attached hydrogen (secondary N) is 1. The second-order valence-electron chi connectivity index (χ2n) is 4.65. The molecule has 18 heavy (non-hydrogen) atoms. The largest absolute Gasteiger partial charge is 0.309 e. The van der Waals surface area contributed by atoms with E-state index in [9.17, 15) is 8.78 Å². The van der Waals surface area contributed by atoms with Gasteiger partial charge in [-0.15, -0.1) is 0 Å². The summed E-state index contributed by atoms with van der Waals surface area (Å²) in [6, 6.07) is 4.24. The number of benzene rings is 1. The van der Waals surface area contributed by atoms with Gasteiger partial charge in [0.1, 0.15) is 11.6 Å². The Labute approximate surface area is 111 Å². The lowest BCUT2D eigenvalue weighted by Gasteiger charge is -2.20. The van der Waals surface area contributed by atoms with E-state index in [1.807, 2.05) is 11.8 Å². The van der Waals surface area contributed by atoms with Gasteiger partial charge in [0, 0.05) is 29.5 Å². The Bertz CT molecular complexity index is 397. The number of thioether (sulfide) groups is 1. The van der Waals surface area contributed by atoms with Crippen LogP contribution in [0.15, 0.2) is 18.2 Å². The quantitative estimate of drug-likeness (QED) is 0.875. The summed E-state index contributed by atoms with van der Waals surface area (Å²) in [4.78, 5) is 0. The summed E-state index contributed by atoms with van der Waals surface area (Å²) in [5.74, 6) is 0.144. The van der Waals surface area contributed by atoms with E-state index in [1.54, 1.807) is 0 Å². The molecule has 1 N–H and O–H groups in total. The summed E-state index contributed by atoms with van der Waals surface area (Å²) in [6.07, 6.45) is 3.63. The SMILES string of the molecule is CCSC1CCCC1NCc1ccc(F)cc1F. The molecule has 2 atom stereocenters. The molecule has 0 heterocycles. The van der Waals surface area contributed by atoms with Gasteiger partial charge in [0.15, 0.2) is 0 Å². The Morgan fingerprint density at radius 1 is 1.33 bits per heavy atom. The molecule has 0 aliphatic heterocycles. The molecule has 1 aromatic carbocycles. The van der Waals surface area contributed by atoms with Crippen molar-refractivity contribution in [2.24, 2.45) is 0 Å². The molecule has 2 unspecified atom stereocenters. The molecule has 1 fully saturated rings.